The summed E-state index contributed by atoms with van der Waals surface area (Å²) in [5.41, 5.74) is 1.85. The van der Waals surface area contributed by atoms with Gasteiger partial charge in [-0.3, -0.25) is 0 Å². The average molecular weight is 828 g/mol. The molecule has 0 unspecified atom stereocenters. The third-order valence-electron chi connectivity index (χ3n) is 9.06. The van der Waals surface area contributed by atoms with E-state index in [1.165, 1.54) is 6.07 Å². The molecule has 0 saturated heterocycles. The molecule has 0 aliphatic carbocycles. The molecule has 4 aromatic carbocycles. The molecule has 5 aromatic rings. The molecule has 5 rings (SSSR count). The van der Waals surface area contributed by atoms with Gasteiger partial charge in [-0.15, -0.1) is 5.11 Å². The number of hydrogen-bond donors (Lipinski definition) is 0. The smallest absolute Gasteiger partial charge is 0.343 e. The number of carbonyl (C=O) groups excluding carboxylic acids is 4. The SMILES string of the molecule is C=CC(=O)OCCCCCCOc1ccc(C(=O)Oc2ccc(OC(=O)c3ccc(OCCCCCCOC(=O)C=C)cc3)c(CN=Nc3ccc4ccccc4n3)c2)cc1. The summed E-state index contributed by atoms with van der Waals surface area (Å²) in [7, 11) is 0. The molecule has 13 nitrogen and oxygen atoms in total. The van der Waals surface area contributed by atoms with Crippen molar-refractivity contribution in [2.75, 3.05) is 26.4 Å². The van der Waals surface area contributed by atoms with Crippen LogP contribution in [0.2, 0.25) is 0 Å². The molecular formula is C48H49N3O10. The van der Waals surface area contributed by atoms with Gasteiger partial charge >= 0.3 is 23.9 Å². The first kappa shape index (κ1) is 44.9. The fourth-order valence-corrected chi connectivity index (χ4v) is 5.80. The largest absolute Gasteiger partial charge is 0.494 e. The Hall–Kier alpha value is -7.15. The number of esters is 4. The highest BCUT2D eigenvalue weighted by atomic mass is 16.5. The number of hydrogen-bond acceptors (Lipinski definition) is 13. The summed E-state index contributed by atoms with van der Waals surface area (Å²) in [5, 5.41) is 9.61. The Kier molecular flexibility index (Phi) is 18.2. The quantitative estimate of drug-likeness (QED) is 0.0181. The minimum Gasteiger partial charge on any atom is -0.494 e. The number of carbonyl (C=O) groups is 4. The molecule has 316 valence electrons. The molecule has 0 spiro atoms. The highest BCUT2D eigenvalue weighted by molar-refractivity contribution is 5.92. The Morgan fingerprint density at radius 2 is 1.08 bits per heavy atom. The maximum absolute atomic E-state index is 13.3. The van der Waals surface area contributed by atoms with Crippen LogP contribution in [0.1, 0.15) is 77.6 Å². The number of aromatic nitrogens is 1. The van der Waals surface area contributed by atoms with Gasteiger partial charge in [0.25, 0.3) is 0 Å². The molecule has 0 bridgehead atoms. The van der Waals surface area contributed by atoms with Gasteiger partial charge in [0, 0.05) is 23.1 Å². The summed E-state index contributed by atoms with van der Waals surface area (Å²) in [6.07, 6.45) is 9.14. The number of fused-ring (bicyclic) bond motifs is 1. The normalized spacial score (nSPS) is 10.8. The van der Waals surface area contributed by atoms with E-state index in [1.54, 1.807) is 66.7 Å². The van der Waals surface area contributed by atoms with Crippen molar-refractivity contribution < 1.29 is 47.6 Å². The summed E-state index contributed by atoms with van der Waals surface area (Å²) in [6.45, 7) is 8.49. The van der Waals surface area contributed by atoms with Crippen LogP contribution in [0, 0.1) is 0 Å². The van der Waals surface area contributed by atoms with Crippen LogP contribution in [-0.4, -0.2) is 55.3 Å². The lowest BCUT2D eigenvalue weighted by Gasteiger charge is -2.12. The molecule has 1 heterocycles. The van der Waals surface area contributed by atoms with E-state index in [0.29, 0.717) is 60.4 Å². The molecule has 0 amide bonds. The number of para-hydroxylation sites is 1. The van der Waals surface area contributed by atoms with Crippen LogP contribution in [-0.2, 0) is 25.6 Å². The summed E-state index contributed by atoms with van der Waals surface area (Å²) in [5.74, 6) is 0.0496. The molecule has 0 saturated carbocycles. The average Bonchev–Trinajstić information content (AvgIpc) is 3.29. The fraction of sp³-hybridized carbons (Fsp3) is 0.271. The Labute approximate surface area is 355 Å². The van der Waals surface area contributed by atoms with Crippen LogP contribution < -0.4 is 18.9 Å². The van der Waals surface area contributed by atoms with Crippen molar-refractivity contribution >= 4 is 40.6 Å². The van der Waals surface area contributed by atoms with Crippen molar-refractivity contribution in [2.24, 2.45) is 10.2 Å². The number of nitrogens with zero attached hydrogens (tertiary/aromatic N) is 3. The van der Waals surface area contributed by atoms with Gasteiger partial charge in [0.1, 0.15) is 23.0 Å². The highest BCUT2D eigenvalue weighted by Crippen LogP contribution is 2.28. The van der Waals surface area contributed by atoms with Crippen molar-refractivity contribution in [1.29, 1.82) is 0 Å². The topological polar surface area (TPSA) is 161 Å². The molecule has 0 atom stereocenters. The minimum atomic E-state index is -0.600. The molecule has 0 aliphatic rings. The van der Waals surface area contributed by atoms with E-state index in [-0.39, 0.29) is 18.0 Å². The van der Waals surface area contributed by atoms with Gasteiger partial charge in [0.15, 0.2) is 5.82 Å². The first-order valence-electron chi connectivity index (χ1n) is 20.2. The first-order chi connectivity index (χ1) is 29.8. The molecule has 0 aliphatic heterocycles. The van der Waals surface area contributed by atoms with Gasteiger partial charge in [-0.2, -0.15) is 5.11 Å². The van der Waals surface area contributed by atoms with Gasteiger partial charge in [-0.1, -0.05) is 31.4 Å². The van der Waals surface area contributed by atoms with Crippen molar-refractivity contribution in [2.45, 2.75) is 57.9 Å². The van der Waals surface area contributed by atoms with Crippen LogP contribution in [0.15, 0.2) is 139 Å². The fourth-order valence-electron chi connectivity index (χ4n) is 5.80. The number of benzene rings is 4. The van der Waals surface area contributed by atoms with Gasteiger partial charge < -0.3 is 28.4 Å². The number of pyridine rings is 1. The zero-order valence-electron chi connectivity index (χ0n) is 34.0. The van der Waals surface area contributed by atoms with Gasteiger partial charge in [0.2, 0.25) is 0 Å². The van der Waals surface area contributed by atoms with E-state index < -0.39 is 23.9 Å². The second-order valence-corrected chi connectivity index (χ2v) is 13.6. The van der Waals surface area contributed by atoms with Crippen LogP contribution in [0.25, 0.3) is 10.9 Å². The highest BCUT2D eigenvalue weighted by Gasteiger charge is 2.16. The lowest BCUT2D eigenvalue weighted by Crippen LogP contribution is -2.11. The van der Waals surface area contributed by atoms with Gasteiger partial charge in [-0.05, 0) is 136 Å². The second kappa shape index (κ2) is 24.7. The van der Waals surface area contributed by atoms with Crippen LogP contribution in [0.4, 0.5) is 5.82 Å². The standard InChI is InChI=1S/C48H49N3O10/c1-3-45(52)58-31-13-7-5-11-29-56-39-22-17-36(18-23-39)47(54)60-41-26-27-43(38(33-41)34-49-51-44-28-21-35-15-9-10-16-42(35)50-44)61-48(55)37-19-24-40(25-20-37)57-30-12-6-8-14-32-59-46(53)4-2/h3-4,9-10,15-28,33H,1-2,5-8,11-14,29-32,34H2. The number of unbranched alkanes of at least 4 members (excludes halogenated alkanes) is 6. The Balaban J connectivity index is 1.16. The maximum atomic E-state index is 13.3. The first-order valence-corrected chi connectivity index (χ1v) is 20.2. The van der Waals surface area contributed by atoms with E-state index in [1.807, 2.05) is 30.3 Å². The summed E-state index contributed by atoms with van der Waals surface area (Å²) in [6, 6.07) is 29.3. The summed E-state index contributed by atoms with van der Waals surface area (Å²) in [4.78, 5) is 53.2. The monoisotopic (exact) mass is 827 g/mol. The Bertz CT molecular complexity index is 2270. The van der Waals surface area contributed by atoms with E-state index in [4.69, 9.17) is 28.4 Å². The summed E-state index contributed by atoms with van der Waals surface area (Å²) < 4.78 is 33.2. The lowest BCUT2D eigenvalue weighted by molar-refractivity contribution is -0.138. The van der Waals surface area contributed by atoms with Crippen molar-refractivity contribution in [3.05, 3.63) is 145 Å². The van der Waals surface area contributed by atoms with E-state index in [9.17, 15) is 19.2 Å². The van der Waals surface area contributed by atoms with E-state index in [0.717, 1.165) is 74.4 Å². The van der Waals surface area contributed by atoms with Gasteiger partial charge in [-0.25, -0.2) is 24.2 Å². The van der Waals surface area contributed by atoms with E-state index in [2.05, 4.69) is 28.4 Å². The number of rotatable bonds is 25. The Morgan fingerprint density at radius 1 is 0.557 bits per heavy atom. The van der Waals surface area contributed by atoms with Crippen LogP contribution in [0.5, 0.6) is 23.0 Å². The lowest BCUT2D eigenvalue weighted by atomic mass is 10.1. The molecule has 61 heavy (non-hydrogen) atoms. The van der Waals surface area contributed by atoms with Crippen molar-refractivity contribution in [3.8, 4) is 23.0 Å². The molecule has 0 fully saturated rings. The minimum absolute atomic E-state index is 0.00986. The van der Waals surface area contributed by atoms with Crippen molar-refractivity contribution in [3.63, 3.8) is 0 Å². The molecular weight excluding hydrogens is 779 g/mol. The third kappa shape index (κ3) is 15.5. The third-order valence-corrected chi connectivity index (χ3v) is 9.06. The predicted octanol–water partition coefficient (Wildman–Crippen LogP) is 10.3. The van der Waals surface area contributed by atoms with Crippen LogP contribution in [0.3, 0.4) is 0 Å². The van der Waals surface area contributed by atoms with Crippen LogP contribution >= 0.6 is 0 Å². The molecule has 13 heteroatoms. The molecule has 1 aromatic heterocycles. The van der Waals surface area contributed by atoms with Gasteiger partial charge in [0.05, 0.1) is 49.6 Å². The molecule has 0 N–H and O–H groups in total. The molecule has 0 radical (unpaired) electrons. The Morgan fingerprint density at radius 3 is 1.66 bits per heavy atom. The zero-order valence-corrected chi connectivity index (χ0v) is 34.0. The van der Waals surface area contributed by atoms with E-state index >= 15 is 0 Å². The summed E-state index contributed by atoms with van der Waals surface area (Å²) >= 11 is 0. The number of ether oxygens (including phenoxy) is 6. The second-order valence-electron chi connectivity index (χ2n) is 13.6. The predicted molar refractivity (Wildman–Crippen MR) is 229 cm³/mol. The van der Waals surface area contributed by atoms with Crippen molar-refractivity contribution in [1.82, 2.24) is 4.98 Å². The zero-order chi connectivity index (χ0) is 43.1. The number of azo groups is 1. The maximum Gasteiger partial charge on any atom is 0.343 e.